The molecule has 0 bridgehead atoms. The standard InChI is InChI=1S/C29H28BF2N2O8/c1-35-24-11-16(12-25(36-2)28(24)39-5)18-7-9-20(33-18)22-15-23(42-30(31,32)41-22)21-10-8-19(34-21)17-13-26(37-3)29(40-6)27(14-17)38-4/h7-15,33H,1-6H3/q-1/p+1/b23-21-. The van der Waals surface area contributed by atoms with Crippen molar-refractivity contribution in [3.8, 4) is 45.8 Å². The lowest BCUT2D eigenvalue weighted by Gasteiger charge is -2.33. The summed E-state index contributed by atoms with van der Waals surface area (Å²) in [6, 6.07) is 10.4. The van der Waals surface area contributed by atoms with E-state index in [4.69, 9.17) is 37.7 Å². The summed E-state index contributed by atoms with van der Waals surface area (Å²) in [4.78, 5) is 6.26. The lowest BCUT2D eigenvalue weighted by Crippen LogP contribution is -2.68. The van der Waals surface area contributed by atoms with Crippen LogP contribution < -0.4 is 33.4 Å². The predicted molar refractivity (Wildman–Crippen MR) is 151 cm³/mol. The number of ether oxygens (including phenoxy) is 6. The Hall–Kier alpha value is -5.07. The van der Waals surface area contributed by atoms with Crippen LogP contribution in [0.3, 0.4) is 0 Å². The van der Waals surface area contributed by atoms with Gasteiger partial charge in [0.2, 0.25) is 22.9 Å². The van der Waals surface area contributed by atoms with Gasteiger partial charge in [-0.1, -0.05) is 0 Å². The average molecular weight is 582 g/mol. The first-order valence-electron chi connectivity index (χ1n) is 12.7. The predicted octanol–water partition coefficient (Wildman–Crippen LogP) is 3.85. The van der Waals surface area contributed by atoms with E-state index in [1.807, 2.05) is 0 Å². The molecular weight excluding hydrogens is 553 g/mol. The Morgan fingerprint density at radius 3 is 1.71 bits per heavy atom. The molecule has 0 atom stereocenters. The number of hydrogen-bond acceptors (Lipinski definition) is 8. The highest BCUT2D eigenvalue weighted by atomic mass is 19.3. The van der Waals surface area contributed by atoms with Gasteiger partial charge in [0.1, 0.15) is 5.76 Å². The van der Waals surface area contributed by atoms with Gasteiger partial charge in [-0.25, -0.2) is 4.99 Å². The molecule has 13 heteroatoms. The average Bonchev–Trinajstić information content (AvgIpc) is 3.70. The van der Waals surface area contributed by atoms with Crippen LogP contribution in [0.5, 0.6) is 34.5 Å². The minimum absolute atomic E-state index is 0.0936. The molecule has 2 aliphatic rings. The fraction of sp³-hybridized carbons (Fsp3) is 0.207. The molecule has 0 saturated carbocycles. The van der Waals surface area contributed by atoms with E-state index >= 15 is 0 Å². The molecule has 42 heavy (non-hydrogen) atoms. The molecule has 0 fully saturated rings. The summed E-state index contributed by atoms with van der Waals surface area (Å²) in [6.45, 7) is 0. The number of hydrogen-bond donors (Lipinski definition) is 2. The molecule has 3 heterocycles. The first-order valence-corrected chi connectivity index (χ1v) is 12.7. The summed E-state index contributed by atoms with van der Waals surface area (Å²) in [5.74, 6) is 2.48. The molecule has 10 nitrogen and oxygen atoms in total. The van der Waals surface area contributed by atoms with E-state index in [-0.39, 0.29) is 11.5 Å². The number of methoxy groups -OCH3 is 6. The minimum Gasteiger partial charge on any atom is -0.626 e. The zero-order valence-corrected chi connectivity index (χ0v) is 23.8. The summed E-state index contributed by atoms with van der Waals surface area (Å²) >= 11 is 0. The molecule has 0 radical (unpaired) electrons. The second-order valence-corrected chi connectivity index (χ2v) is 9.04. The van der Waals surface area contributed by atoms with Crippen molar-refractivity contribution >= 4 is 18.6 Å². The van der Waals surface area contributed by atoms with Crippen LogP contribution in [-0.2, 0) is 9.31 Å². The maximum absolute atomic E-state index is 14.7. The number of nitrogens with one attached hydrogen (secondary N) is 2. The molecule has 0 unspecified atom stereocenters. The highest BCUT2D eigenvalue weighted by Crippen LogP contribution is 2.42. The van der Waals surface area contributed by atoms with Crippen LogP contribution in [0.15, 0.2) is 66.1 Å². The molecule has 5 rings (SSSR count). The molecule has 2 aromatic carbocycles. The molecule has 3 aromatic rings. The van der Waals surface area contributed by atoms with Crippen molar-refractivity contribution in [3.05, 3.63) is 77.3 Å². The smallest absolute Gasteiger partial charge is 0.626 e. The Balaban J connectivity index is 1.51. The van der Waals surface area contributed by atoms with Gasteiger partial charge in [-0.05, 0) is 36.4 Å². The van der Waals surface area contributed by atoms with E-state index in [0.717, 1.165) is 0 Å². The van der Waals surface area contributed by atoms with E-state index < -0.39 is 7.11 Å². The topological polar surface area (TPSA) is 104 Å². The summed E-state index contributed by atoms with van der Waals surface area (Å²) in [6.07, 6.45) is 4.77. The zero-order valence-electron chi connectivity index (χ0n) is 23.8. The number of allylic oxidation sites excluding steroid dienone is 3. The molecule has 1 aromatic heterocycles. The van der Waals surface area contributed by atoms with Crippen LogP contribution >= 0.6 is 0 Å². The van der Waals surface area contributed by atoms with Crippen LogP contribution in [0.1, 0.15) is 11.3 Å². The van der Waals surface area contributed by atoms with Crippen molar-refractivity contribution in [2.75, 3.05) is 42.7 Å². The Bertz CT molecular complexity index is 1590. The van der Waals surface area contributed by atoms with E-state index in [0.29, 0.717) is 68.4 Å². The summed E-state index contributed by atoms with van der Waals surface area (Å²) in [5.41, 5.74) is 3.23. The zero-order chi connectivity index (χ0) is 30.0. The Kier molecular flexibility index (Phi) is 7.75. The fourth-order valence-electron chi connectivity index (χ4n) is 4.68. The third-order valence-corrected chi connectivity index (χ3v) is 6.64. The first-order chi connectivity index (χ1) is 20.2. The molecule has 0 spiro atoms. The summed E-state index contributed by atoms with van der Waals surface area (Å²) in [7, 11) is 4.40. The Labute approximate surface area is 240 Å². The highest BCUT2D eigenvalue weighted by Gasteiger charge is 2.40. The molecule has 0 aliphatic carbocycles. The third-order valence-electron chi connectivity index (χ3n) is 6.64. The normalized spacial score (nSPS) is 17.0. The quantitative estimate of drug-likeness (QED) is 0.367. The van der Waals surface area contributed by atoms with Crippen LogP contribution in [0.25, 0.3) is 17.0 Å². The van der Waals surface area contributed by atoms with Gasteiger partial charge in [0.25, 0.3) is 0 Å². The molecular formula is C29H29BF2N2O8. The largest absolute Gasteiger partial charge is 0.726 e. The number of aromatic amines is 1. The highest BCUT2D eigenvalue weighted by molar-refractivity contribution is 6.53. The van der Waals surface area contributed by atoms with E-state index in [1.165, 1.54) is 48.7 Å². The number of benzene rings is 2. The molecule has 0 saturated heterocycles. The van der Waals surface area contributed by atoms with Gasteiger partial charge in [-0.15, -0.1) is 0 Å². The van der Waals surface area contributed by atoms with Crippen molar-refractivity contribution < 1.29 is 51.4 Å². The van der Waals surface area contributed by atoms with Gasteiger partial charge >= 0.3 is 7.11 Å². The number of aromatic nitrogens is 1. The number of H-pyrrole nitrogens is 1. The van der Waals surface area contributed by atoms with E-state index in [9.17, 15) is 8.63 Å². The van der Waals surface area contributed by atoms with Crippen molar-refractivity contribution in [2.24, 2.45) is 0 Å². The maximum Gasteiger partial charge on any atom is 0.726 e. The monoisotopic (exact) mass is 582 g/mol. The van der Waals surface area contributed by atoms with Crippen LogP contribution in [0.2, 0.25) is 0 Å². The Morgan fingerprint density at radius 1 is 0.667 bits per heavy atom. The maximum atomic E-state index is 14.7. The fourth-order valence-corrected chi connectivity index (χ4v) is 4.68. The molecule has 2 N–H and O–H groups in total. The number of rotatable bonds is 9. The van der Waals surface area contributed by atoms with Crippen LogP contribution in [-0.4, -0.2) is 60.5 Å². The summed E-state index contributed by atoms with van der Waals surface area (Å²) < 4.78 is 71.8. The molecule has 220 valence electrons. The number of halogens is 2. The molecule has 0 amide bonds. The van der Waals surface area contributed by atoms with Crippen molar-refractivity contribution in [2.45, 2.75) is 0 Å². The van der Waals surface area contributed by atoms with Crippen LogP contribution in [0.4, 0.5) is 8.63 Å². The van der Waals surface area contributed by atoms with Gasteiger partial charge in [-0.2, -0.15) is 0 Å². The second-order valence-electron chi connectivity index (χ2n) is 9.04. The van der Waals surface area contributed by atoms with Crippen LogP contribution in [0, 0.1) is 0 Å². The van der Waals surface area contributed by atoms with E-state index in [1.54, 1.807) is 48.6 Å². The van der Waals surface area contributed by atoms with Gasteiger partial charge < -0.3 is 51.3 Å². The molecule has 2 aliphatic heterocycles. The summed E-state index contributed by atoms with van der Waals surface area (Å²) in [5, 5.41) is 0. The van der Waals surface area contributed by atoms with E-state index in [2.05, 4.69) is 9.98 Å². The van der Waals surface area contributed by atoms with Gasteiger partial charge in [0.15, 0.2) is 28.8 Å². The van der Waals surface area contributed by atoms with Crippen molar-refractivity contribution in [1.29, 1.82) is 0 Å². The minimum atomic E-state index is -4.66. The van der Waals surface area contributed by atoms with Crippen molar-refractivity contribution in [1.82, 2.24) is 4.98 Å². The lowest BCUT2D eigenvalue weighted by molar-refractivity contribution is -0.388. The van der Waals surface area contributed by atoms with Crippen molar-refractivity contribution in [3.63, 3.8) is 0 Å². The second kappa shape index (κ2) is 11.4. The van der Waals surface area contributed by atoms with Gasteiger partial charge in [-0.3, -0.25) is 0 Å². The first kappa shape index (κ1) is 28.5. The SMILES string of the molecule is COc1cc(C2=[NH+]/C(=C3/C=C(c4ccc(-c5cc(OC)c(OC)c(OC)c5)[nH]4)O[B-](F)(F)O3)C=C2)cc(OC)c1OC. The third kappa shape index (κ3) is 5.32. The van der Waals surface area contributed by atoms with Gasteiger partial charge in [0.05, 0.1) is 53.9 Å². The van der Waals surface area contributed by atoms with Gasteiger partial charge in [0, 0.05) is 29.5 Å². The lowest BCUT2D eigenvalue weighted by atomic mass is 10.1. The Morgan fingerprint density at radius 2 is 1.19 bits per heavy atom.